The summed E-state index contributed by atoms with van der Waals surface area (Å²) in [4.78, 5) is 33.8. The molecule has 5 rings (SSSR count). The summed E-state index contributed by atoms with van der Waals surface area (Å²) in [5.74, 6) is 0.537. The first-order chi connectivity index (χ1) is 19.0. The third-order valence-corrected chi connectivity index (χ3v) is 8.05. The number of likely N-dealkylation sites (tertiary alicyclic amines) is 1. The lowest BCUT2D eigenvalue weighted by atomic mass is 10.0. The van der Waals surface area contributed by atoms with E-state index in [9.17, 15) is 4.79 Å². The molecule has 39 heavy (non-hydrogen) atoms. The van der Waals surface area contributed by atoms with Gasteiger partial charge in [-0.2, -0.15) is 0 Å². The van der Waals surface area contributed by atoms with E-state index < -0.39 is 0 Å². The van der Waals surface area contributed by atoms with Gasteiger partial charge in [0.15, 0.2) is 0 Å². The van der Waals surface area contributed by atoms with Gasteiger partial charge in [0.2, 0.25) is 5.95 Å². The van der Waals surface area contributed by atoms with E-state index in [1.54, 1.807) is 18.6 Å². The summed E-state index contributed by atoms with van der Waals surface area (Å²) in [6.07, 6.45) is 9.85. The number of hydrogen-bond donors (Lipinski definition) is 1. The first-order valence-electron chi connectivity index (χ1n) is 14.4. The molecule has 2 aliphatic rings. The Hall–Kier alpha value is -3.30. The predicted octanol–water partition coefficient (Wildman–Crippen LogP) is 3.29. The number of piperidine rings is 1. The molecular weight excluding hydrogens is 488 g/mol. The molecule has 4 heterocycles. The van der Waals surface area contributed by atoms with Crippen molar-refractivity contribution < 1.29 is 4.79 Å². The van der Waals surface area contributed by atoms with Gasteiger partial charge in [-0.25, -0.2) is 15.0 Å². The smallest absolute Gasteiger partial charge is 0.270 e. The Balaban J connectivity index is 1.11. The molecule has 0 bridgehead atoms. The normalized spacial score (nSPS) is 17.7. The summed E-state index contributed by atoms with van der Waals surface area (Å²) in [5, 5.41) is 3.01. The first-order valence-corrected chi connectivity index (χ1v) is 14.4. The van der Waals surface area contributed by atoms with E-state index in [2.05, 4.69) is 61.2 Å². The van der Waals surface area contributed by atoms with Gasteiger partial charge in [0.25, 0.3) is 5.91 Å². The predicted molar refractivity (Wildman–Crippen MR) is 154 cm³/mol. The Bertz CT molecular complexity index is 1210. The standard InChI is InChI=1S/C30H42N8O/c1-24-7-3-4-8-26(24)22-35-16-9-27(10-17-35)37-14-6-15-38(20-19-37)30-33-25(2)21-28(34-30)29(39)32-11-5-13-36-18-12-31-23-36/h3-4,7-8,12,18,21,23,27H,5-6,9-11,13-17,19-20,22H2,1-2H3,(H,32,39). The van der Waals surface area contributed by atoms with Crippen molar-refractivity contribution in [1.29, 1.82) is 0 Å². The molecule has 2 aliphatic heterocycles. The van der Waals surface area contributed by atoms with Crippen molar-refractivity contribution >= 4 is 11.9 Å². The van der Waals surface area contributed by atoms with Crippen molar-refractivity contribution in [2.24, 2.45) is 0 Å². The number of hydrogen-bond acceptors (Lipinski definition) is 7. The van der Waals surface area contributed by atoms with Gasteiger partial charge >= 0.3 is 0 Å². The lowest BCUT2D eigenvalue weighted by Gasteiger charge is -2.38. The van der Waals surface area contributed by atoms with Crippen molar-refractivity contribution in [2.75, 3.05) is 50.7 Å². The van der Waals surface area contributed by atoms with Gasteiger partial charge in [-0.3, -0.25) is 14.6 Å². The lowest BCUT2D eigenvalue weighted by Crippen LogP contribution is -2.46. The van der Waals surface area contributed by atoms with Crippen LogP contribution >= 0.6 is 0 Å². The minimum atomic E-state index is -0.138. The molecule has 9 heteroatoms. The van der Waals surface area contributed by atoms with Gasteiger partial charge in [0.1, 0.15) is 5.69 Å². The number of nitrogens with zero attached hydrogens (tertiary/aromatic N) is 7. The van der Waals surface area contributed by atoms with Gasteiger partial charge in [0.05, 0.1) is 6.33 Å². The number of carbonyl (C=O) groups excluding carboxylic acids is 1. The minimum absolute atomic E-state index is 0.138. The zero-order valence-electron chi connectivity index (χ0n) is 23.4. The molecule has 2 saturated heterocycles. The Morgan fingerprint density at radius 3 is 2.67 bits per heavy atom. The van der Waals surface area contributed by atoms with Gasteiger partial charge < -0.3 is 14.8 Å². The topological polar surface area (TPSA) is 82.4 Å². The highest BCUT2D eigenvalue weighted by molar-refractivity contribution is 5.92. The van der Waals surface area contributed by atoms with Crippen LogP contribution in [0.15, 0.2) is 49.1 Å². The fraction of sp³-hybridized carbons (Fsp3) is 0.533. The Morgan fingerprint density at radius 2 is 1.87 bits per heavy atom. The number of rotatable bonds is 9. The van der Waals surface area contributed by atoms with Crippen LogP contribution in [0.3, 0.4) is 0 Å². The highest BCUT2D eigenvalue weighted by Gasteiger charge is 2.27. The van der Waals surface area contributed by atoms with Gasteiger partial charge in [-0.1, -0.05) is 24.3 Å². The Kier molecular flexibility index (Phi) is 9.21. The number of nitrogens with one attached hydrogen (secondary N) is 1. The maximum atomic E-state index is 12.8. The van der Waals surface area contributed by atoms with E-state index in [-0.39, 0.29) is 5.91 Å². The molecule has 9 nitrogen and oxygen atoms in total. The van der Waals surface area contributed by atoms with Crippen LogP contribution in [0, 0.1) is 13.8 Å². The maximum absolute atomic E-state index is 12.8. The quantitative estimate of drug-likeness (QED) is 0.425. The molecule has 0 atom stereocenters. The molecule has 2 aromatic heterocycles. The third kappa shape index (κ3) is 7.42. The molecule has 0 spiro atoms. The second-order valence-corrected chi connectivity index (χ2v) is 10.9. The number of carbonyl (C=O) groups is 1. The summed E-state index contributed by atoms with van der Waals surface area (Å²) in [7, 11) is 0. The Morgan fingerprint density at radius 1 is 1.03 bits per heavy atom. The second kappa shape index (κ2) is 13.2. The molecule has 1 amide bonds. The number of imidazole rings is 1. The van der Waals surface area contributed by atoms with Crippen LogP contribution in [0.5, 0.6) is 0 Å². The highest BCUT2D eigenvalue weighted by atomic mass is 16.1. The largest absolute Gasteiger partial charge is 0.351 e. The number of amides is 1. The molecule has 1 aromatic carbocycles. The second-order valence-electron chi connectivity index (χ2n) is 10.9. The van der Waals surface area contributed by atoms with E-state index in [1.165, 1.54) is 24.0 Å². The van der Waals surface area contributed by atoms with Crippen LogP contribution in [0.1, 0.15) is 53.0 Å². The average molecular weight is 531 g/mol. The summed E-state index contributed by atoms with van der Waals surface area (Å²) in [5.41, 5.74) is 4.10. The monoisotopic (exact) mass is 530 g/mol. The summed E-state index contributed by atoms with van der Waals surface area (Å²) >= 11 is 0. The maximum Gasteiger partial charge on any atom is 0.270 e. The fourth-order valence-electron chi connectivity index (χ4n) is 5.76. The first kappa shape index (κ1) is 27.3. The van der Waals surface area contributed by atoms with Crippen molar-refractivity contribution in [3.63, 3.8) is 0 Å². The van der Waals surface area contributed by atoms with Gasteiger partial charge in [-0.15, -0.1) is 0 Å². The summed E-state index contributed by atoms with van der Waals surface area (Å²) in [6, 6.07) is 11.2. The molecule has 208 valence electrons. The van der Waals surface area contributed by atoms with Crippen molar-refractivity contribution in [3.8, 4) is 0 Å². The summed E-state index contributed by atoms with van der Waals surface area (Å²) < 4.78 is 2.01. The van der Waals surface area contributed by atoms with Crippen molar-refractivity contribution in [2.45, 2.75) is 58.7 Å². The van der Waals surface area contributed by atoms with Crippen LogP contribution in [0.4, 0.5) is 5.95 Å². The van der Waals surface area contributed by atoms with Crippen molar-refractivity contribution in [3.05, 3.63) is 71.6 Å². The average Bonchev–Trinajstić information content (AvgIpc) is 3.34. The number of aromatic nitrogens is 4. The molecular formula is C30H42N8O. The molecule has 1 N–H and O–H groups in total. The molecule has 0 radical (unpaired) electrons. The van der Waals surface area contributed by atoms with E-state index >= 15 is 0 Å². The zero-order chi connectivity index (χ0) is 27.0. The third-order valence-electron chi connectivity index (χ3n) is 8.05. The Labute approximate surface area is 232 Å². The summed E-state index contributed by atoms with van der Waals surface area (Å²) in [6.45, 7) is 12.9. The van der Waals surface area contributed by atoms with E-state index in [1.807, 2.05) is 17.7 Å². The lowest BCUT2D eigenvalue weighted by molar-refractivity contribution is 0.0947. The zero-order valence-corrected chi connectivity index (χ0v) is 23.4. The van der Waals surface area contributed by atoms with Crippen LogP contribution < -0.4 is 10.2 Å². The van der Waals surface area contributed by atoms with Crippen LogP contribution in [0.25, 0.3) is 0 Å². The molecule has 0 unspecified atom stereocenters. The molecule has 0 saturated carbocycles. The van der Waals surface area contributed by atoms with E-state index in [0.29, 0.717) is 24.2 Å². The van der Waals surface area contributed by atoms with Crippen LogP contribution in [-0.4, -0.2) is 87.1 Å². The number of anilines is 1. The van der Waals surface area contributed by atoms with Gasteiger partial charge in [-0.05, 0) is 69.8 Å². The minimum Gasteiger partial charge on any atom is -0.351 e. The van der Waals surface area contributed by atoms with Crippen LogP contribution in [0.2, 0.25) is 0 Å². The fourth-order valence-corrected chi connectivity index (χ4v) is 5.76. The SMILES string of the molecule is Cc1cc(C(=O)NCCCn2ccnc2)nc(N2CCCN(C3CCN(Cc4ccccc4C)CC3)CC2)n1. The molecule has 3 aromatic rings. The highest BCUT2D eigenvalue weighted by Crippen LogP contribution is 2.22. The van der Waals surface area contributed by atoms with Gasteiger partial charge in [0, 0.05) is 69.9 Å². The van der Waals surface area contributed by atoms with E-state index in [4.69, 9.17) is 4.98 Å². The number of aryl methyl sites for hydroxylation is 3. The molecule has 0 aliphatic carbocycles. The van der Waals surface area contributed by atoms with Crippen LogP contribution in [-0.2, 0) is 13.1 Å². The van der Waals surface area contributed by atoms with E-state index in [0.717, 1.165) is 70.9 Å². The number of benzene rings is 1. The van der Waals surface area contributed by atoms with Crippen molar-refractivity contribution in [1.82, 2.24) is 34.6 Å². The molecule has 2 fully saturated rings.